The lowest BCUT2D eigenvalue weighted by Crippen LogP contribution is -2.40. The summed E-state index contributed by atoms with van der Waals surface area (Å²) in [5, 5.41) is 5.53. The molecule has 0 aliphatic rings. The third-order valence-corrected chi connectivity index (χ3v) is 4.59. The molecule has 0 amide bonds. The smallest absolute Gasteiger partial charge is 0.193 e. The minimum absolute atomic E-state index is 0. The predicted octanol–water partition coefficient (Wildman–Crippen LogP) is 4.34. The van der Waals surface area contributed by atoms with Crippen LogP contribution in [-0.2, 0) is 5.41 Å². The SMILES string of the molecule is CCCCN(C)C(=NCC(C)(C)c1cccs1)NCC.I. The zero-order valence-electron chi connectivity index (χ0n) is 14.0. The molecule has 0 aliphatic carbocycles. The number of hydrogen-bond acceptors (Lipinski definition) is 2. The molecular weight excluding hydrogens is 393 g/mol. The Balaban J connectivity index is 0.00000400. The van der Waals surface area contributed by atoms with Gasteiger partial charge >= 0.3 is 0 Å². The van der Waals surface area contributed by atoms with Crippen LogP contribution in [0.3, 0.4) is 0 Å². The largest absolute Gasteiger partial charge is 0.357 e. The first-order valence-electron chi connectivity index (χ1n) is 7.54. The summed E-state index contributed by atoms with van der Waals surface area (Å²) in [6.45, 7) is 11.6. The first-order chi connectivity index (χ1) is 9.51. The molecular formula is C16H30IN3S. The maximum Gasteiger partial charge on any atom is 0.193 e. The average Bonchev–Trinajstić information content (AvgIpc) is 2.95. The lowest BCUT2D eigenvalue weighted by Gasteiger charge is -2.25. The summed E-state index contributed by atoms with van der Waals surface area (Å²) in [6, 6.07) is 4.32. The molecule has 1 aromatic rings. The van der Waals surface area contributed by atoms with E-state index in [2.05, 4.69) is 62.5 Å². The molecule has 0 unspecified atom stereocenters. The number of thiophene rings is 1. The maximum absolute atomic E-state index is 4.83. The van der Waals surface area contributed by atoms with Crippen molar-refractivity contribution in [2.75, 3.05) is 26.7 Å². The molecule has 1 rings (SSSR count). The monoisotopic (exact) mass is 423 g/mol. The third kappa shape index (κ3) is 7.00. The Bertz CT molecular complexity index is 402. The van der Waals surface area contributed by atoms with Crippen molar-refractivity contribution in [2.24, 2.45) is 4.99 Å². The van der Waals surface area contributed by atoms with Gasteiger partial charge in [-0.25, -0.2) is 0 Å². The van der Waals surface area contributed by atoms with Crippen LogP contribution in [0.15, 0.2) is 22.5 Å². The number of unbranched alkanes of at least 4 members (excludes halogenated alkanes) is 1. The van der Waals surface area contributed by atoms with Gasteiger partial charge < -0.3 is 10.2 Å². The van der Waals surface area contributed by atoms with E-state index >= 15 is 0 Å². The van der Waals surface area contributed by atoms with Crippen molar-refractivity contribution in [1.29, 1.82) is 0 Å². The first-order valence-corrected chi connectivity index (χ1v) is 8.42. The molecule has 0 fully saturated rings. The van der Waals surface area contributed by atoms with Crippen LogP contribution in [-0.4, -0.2) is 37.5 Å². The summed E-state index contributed by atoms with van der Waals surface area (Å²) in [7, 11) is 2.12. The molecule has 3 nitrogen and oxygen atoms in total. The summed E-state index contributed by atoms with van der Waals surface area (Å²) in [5.74, 6) is 1.02. The zero-order chi connectivity index (χ0) is 15.0. The molecule has 21 heavy (non-hydrogen) atoms. The quantitative estimate of drug-likeness (QED) is 0.401. The lowest BCUT2D eigenvalue weighted by atomic mass is 9.92. The number of guanidine groups is 1. The normalized spacial score (nSPS) is 12.0. The fourth-order valence-corrected chi connectivity index (χ4v) is 2.83. The molecule has 0 radical (unpaired) electrons. The first kappa shape index (κ1) is 20.7. The van der Waals surface area contributed by atoms with Gasteiger partial charge in [-0.2, -0.15) is 0 Å². The van der Waals surface area contributed by atoms with E-state index in [1.54, 1.807) is 0 Å². The Morgan fingerprint density at radius 1 is 1.38 bits per heavy atom. The van der Waals surface area contributed by atoms with Crippen molar-refractivity contribution in [3.8, 4) is 0 Å². The molecule has 0 bridgehead atoms. The molecule has 122 valence electrons. The lowest BCUT2D eigenvalue weighted by molar-refractivity contribution is 0.458. The van der Waals surface area contributed by atoms with E-state index in [0.29, 0.717) is 0 Å². The minimum Gasteiger partial charge on any atom is -0.357 e. The number of rotatable bonds is 7. The van der Waals surface area contributed by atoms with Gasteiger partial charge in [0.25, 0.3) is 0 Å². The van der Waals surface area contributed by atoms with Crippen LogP contribution in [0.25, 0.3) is 0 Å². The van der Waals surface area contributed by atoms with Gasteiger partial charge in [-0.3, -0.25) is 4.99 Å². The van der Waals surface area contributed by atoms with Crippen molar-refractivity contribution in [2.45, 2.75) is 46.0 Å². The Morgan fingerprint density at radius 3 is 2.62 bits per heavy atom. The van der Waals surface area contributed by atoms with Crippen LogP contribution in [0.4, 0.5) is 0 Å². The van der Waals surface area contributed by atoms with E-state index in [1.807, 2.05) is 11.3 Å². The molecule has 1 heterocycles. The number of nitrogens with one attached hydrogen (secondary N) is 1. The third-order valence-electron chi connectivity index (χ3n) is 3.36. The van der Waals surface area contributed by atoms with E-state index in [1.165, 1.54) is 17.7 Å². The molecule has 0 aliphatic heterocycles. The summed E-state index contributed by atoms with van der Waals surface area (Å²) < 4.78 is 0. The van der Waals surface area contributed by atoms with Crippen molar-refractivity contribution in [3.05, 3.63) is 22.4 Å². The number of halogens is 1. The highest BCUT2D eigenvalue weighted by atomic mass is 127. The van der Waals surface area contributed by atoms with E-state index in [4.69, 9.17) is 4.99 Å². The summed E-state index contributed by atoms with van der Waals surface area (Å²) in [6.07, 6.45) is 2.42. The second kappa shape index (κ2) is 10.4. The second-order valence-electron chi connectivity index (χ2n) is 5.81. The van der Waals surface area contributed by atoms with Crippen molar-refractivity contribution in [1.82, 2.24) is 10.2 Å². The van der Waals surface area contributed by atoms with Crippen molar-refractivity contribution >= 4 is 41.3 Å². The molecule has 1 N–H and O–H groups in total. The van der Waals surface area contributed by atoms with Gasteiger partial charge in [-0.15, -0.1) is 35.3 Å². The van der Waals surface area contributed by atoms with Crippen LogP contribution in [0, 0.1) is 0 Å². The minimum atomic E-state index is 0. The molecule has 0 spiro atoms. The molecule has 1 aromatic heterocycles. The Kier molecular flexibility index (Phi) is 10.3. The number of hydrogen-bond donors (Lipinski definition) is 1. The topological polar surface area (TPSA) is 27.6 Å². The van der Waals surface area contributed by atoms with E-state index < -0.39 is 0 Å². The fraction of sp³-hybridized carbons (Fsp3) is 0.688. The summed E-state index contributed by atoms with van der Waals surface area (Å²) in [5.41, 5.74) is 0.0977. The zero-order valence-corrected chi connectivity index (χ0v) is 17.1. The van der Waals surface area contributed by atoms with E-state index in [0.717, 1.165) is 25.6 Å². The standard InChI is InChI=1S/C16H29N3S.HI/c1-6-8-11-19(5)15(17-7-2)18-13-16(3,4)14-10-9-12-20-14;/h9-10,12H,6-8,11,13H2,1-5H3,(H,17,18);1H. The van der Waals surface area contributed by atoms with Crippen molar-refractivity contribution < 1.29 is 0 Å². The molecule has 5 heteroatoms. The van der Waals surface area contributed by atoms with Crippen LogP contribution >= 0.6 is 35.3 Å². The summed E-state index contributed by atoms with van der Waals surface area (Å²) >= 11 is 1.81. The van der Waals surface area contributed by atoms with Gasteiger partial charge in [0.15, 0.2) is 5.96 Å². The van der Waals surface area contributed by atoms with Gasteiger partial charge in [-0.05, 0) is 24.8 Å². The van der Waals surface area contributed by atoms with Crippen LogP contribution in [0.1, 0.15) is 45.4 Å². The average molecular weight is 423 g/mol. The van der Waals surface area contributed by atoms with Gasteiger partial charge in [-0.1, -0.05) is 33.3 Å². The van der Waals surface area contributed by atoms with Gasteiger partial charge in [0.2, 0.25) is 0 Å². The predicted molar refractivity (Wildman–Crippen MR) is 106 cm³/mol. The summed E-state index contributed by atoms with van der Waals surface area (Å²) in [4.78, 5) is 8.46. The van der Waals surface area contributed by atoms with E-state index in [9.17, 15) is 0 Å². The number of aliphatic imine (C=N–C) groups is 1. The fourth-order valence-electron chi connectivity index (χ4n) is 1.98. The highest BCUT2D eigenvalue weighted by molar-refractivity contribution is 14.0. The van der Waals surface area contributed by atoms with Crippen LogP contribution < -0.4 is 5.32 Å². The molecule has 0 atom stereocenters. The van der Waals surface area contributed by atoms with E-state index in [-0.39, 0.29) is 29.4 Å². The molecule has 0 aromatic carbocycles. The molecule has 0 saturated carbocycles. The Morgan fingerprint density at radius 2 is 2.10 bits per heavy atom. The Hall–Kier alpha value is -0.300. The maximum atomic E-state index is 4.83. The Labute approximate surface area is 151 Å². The van der Waals surface area contributed by atoms with Gasteiger partial charge in [0, 0.05) is 30.4 Å². The van der Waals surface area contributed by atoms with Crippen molar-refractivity contribution in [3.63, 3.8) is 0 Å². The highest BCUT2D eigenvalue weighted by Gasteiger charge is 2.21. The van der Waals surface area contributed by atoms with Crippen LogP contribution in [0.2, 0.25) is 0 Å². The van der Waals surface area contributed by atoms with Gasteiger partial charge in [0.1, 0.15) is 0 Å². The number of nitrogens with zero attached hydrogens (tertiary/aromatic N) is 2. The highest BCUT2D eigenvalue weighted by Crippen LogP contribution is 2.27. The molecule has 0 saturated heterocycles. The van der Waals surface area contributed by atoms with Crippen LogP contribution in [0.5, 0.6) is 0 Å². The second-order valence-corrected chi connectivity index (χ2v) is 6.75. The van der Waals surface area contributed by atoms with Gasteiger partial charge in [0.05, 0.1) is 6.54 Å².